The van der Waals surface area contributed by atoms with Gasteiger partial charge in [0.2, 0.25) is 0 Å². The number of carbonyl (C=O) groups is 1. The van der Waals surface area contributed by atoms with E-state index < -0.39 is 0 Å². The molecule has 0 saturated heterocycles. The van der Waals surface area contributed by atoms with Crippen LogP contribution in [0.25, 0.3) is 20.8 Å². The molecule has 3 aromatic carbocycles. The average molecular weight is 373 g/mol. The number of thiazole rings is 1. The molecule has 1 aromatic heterocycles. The van der Waals surface area contributed by atoms with E-state index in [2.05, 4.69) is 15.5 Å². The van der Waals surface area contributed by atoms with E-state index in [-0.39, 0.29) is 11.7 Å². The van der Waals surface area contributed by atoms with E-state index in [0.717, 1.165) is 20.8 Å². The van der Waals surface area contributed by atoms with Gasteiger partial charge in [-0.1, -0.05) is 36.4 Å². The van der Waals surface area contributed by atoms with Crippen LogP contribution in [0.3, 0.4) is 0 Å². The maximum Gasteiger partial charge on any atom is 0.271 e. The predicted octanol–water partition coefficient (Wildman–Crippen LogP) is 4.43. The third-order valence-electron chi connectivity index (χ3n) is 3.99. The summed E-state index contributed by atoms with van der Waals surface area (Å²) in [5.74, 6) is -0.215. The van der Waals surface area contributed by atoms with Gasteiger partial charge in [-0.05, 0) is 36.4 Å². The number of phenolic OH excluding ortho intramolecular Hbond substituents is 1. The van der Waals surface area contributed by atoms with E-state index in [0.29, 0.717) is 11.1 Å². The molecule has 0 radical (unpaired) electrons. The van der Waals surface area contributed by atoms with Crippen LogP contribution >= 0.6 is 11.3 Å². The van der Waals surface area contributed by atoms with E-state index in [1.807, 2.05) is 36.4 Å². The van der Waals surface area contributed by atoms with Crippen LogP contribution in [0, 0.1) is 0 Å². The van der Waals surface area contributed by atoms with Crippen LogP contribution in [0.1, 0.15) is 15.9 Å². The van der Waals surface area contributed by atoms with Crippen LogP contribution in [0.4, 0.5) is 0 Å². The topological polar surface area (TPSA) is 74.6 Å². The summed E-state index contributed by atoms with van der Waals surface area (Å²) >= 11 is 1.62. The minimum absolute atomic E-state index is 0.107. The number of aromatic nitrogens is 1. The second-order valence-electron chi connectivity index (χ2n) is 5.82. The standard InChI is InChI=1S/C21H15N3O2S/c25-18-7-3-1-5-16(18)13-22-24-20(26)14-9-11-15(12-10-14)21-23-17-6-2-4-8-19(17)27-21/h1-13,25H,(H,24,26)/b22-13+. The number of amides is 1. The van der Waals surface area contributed by atoms with Gasteiger partial charge < -0.3 is 5.11 Å². The van der Waals surface area contributed by atoms with E-state index >= 15 is 0 Å². The number of hydrazone groups is 1. The van der Waals surface area contributed by atoms with Gasteiger partial charge in [0.25, 0.3) is 5.91 Å². The number of fused-ring (bicyclic) bond motifs is 1. The minimum atomic E-state index is -0.322. The molecule has 0 aliphatic rings. The highest BCUT2D eigenvalue weighted by Gasteiger charge is 2.08. The number of aromatic hydroxyl groups is 1. The number of hydrogen-bond donors (Lipinski definition) is 2. The van der Waals surface area contributed by atoms with Gasteiger partial charge in [-0.2, -0.15) is 5.10 Å². The normalized spacial score (nSPS) is 11.1. The summed E-state index contributed by atoms with van der Waals surface area (Å²) in [4.78, 5) is 16.8. The third kappa shape index (κ3) is 3.70. The van der Waals surface area contributed by atoms with Crippen molar-refractivity contribution in [3.8, 4) is 16.3 Å². The SMILES string of the molecule is O=C(N/N=C/c1ccccc1O)c1ccc(-c2nc3ccccc3s2)cc1. The summed E-state index contributed by atoms with van der Waals surface area (Å²) < 4.78 is 1.13. The molecule has 0 atom stereocenters. The number of nitrogens with zero attached hydrogens (tertiary/aromatic N) is 2. The van der Waals surface area contributed by atoms with Crippen LogP contribution in [0.15, 0.2) is 77.9 Å². The quantitative estimate of drug-likeness (QED) is 0.410. The maximum absolute atomic E-state index is 12.2. The number of rotatable bonds is 4. The van der Waals surface area contributed by atoms with Gasteiger partial charge in [0.05, 0.1) is 16.4 Å². The molecular formula is C21H15N3O2S. The van der Waals surface area contributed by atoms with Gasteiger partial charge in [0, 0.05) is 16.7 Å². The Labute approximate surface area is 159 Å². The summed E-state index contributed by atoms with van der Waals surface area (Å²) in [6.45, 7) is 0. The molecule has 132 valence electrons. The Morgan fingerprint density at radius 3 is 2.52 bits per heavy atom. The zero-order valence-electron chi connectivity index (χ0n) is 14.2. The molecule has 1 amide bonds. The van der Waals surface area contributed by atoms with Crippen LogP contribution < -0.4 is 5.43 Å². The lowest BCUT2D eigenvalue weighted by Crippen LogP contribution is -2.17. The van der Waals surface area contributed by atoms with Gasteiger partial charge >= 0.3 is 0 Å². The van der Waals surface area contributed by atoms with E-state index in [9.17, 15) is 9.90 Å². The van der Waals surface area contributed by atoms with Gasteiger partial charge in [0.15, 0.2) is 0 Å². The largest absolute Gasteiger partial charge is 0.507 e. The fourth-order valence-corrected chi connectivity index (χ4v) is 3.55. The highest BCUT2D eigenvalue weighted by Crippen LogP contribution is 2.29. The molecule has 6 heteroatoms. The molecule has 0 unspecified atom stereocenters. The third-order valence-corrected chi connectivity index (χ3v) is 5.08. The fraction of sp³-hybridized carbons (Fsp3) is 0. The van der Waals surface area contributed by atoms with E-state index in [1.165, 1.54) is 6.21 Å². The number of nitrogens with one attached hydrogen (secondary N) is 1. The molecule has 0 saturated carbocycles. The highest BCUT2D eigenvalue weighted by atomic mass is 32.1. The zero-order valence-corrected chi connectivity index (χ0v) is 15.0. The molecule has 0 fully saturated rings. The van der Waals surface area contributed by atoms with Gasteiger partial charge in [-0.15, -0.1) is 11.3 Å². The highest BCUT2D eigenvalue weighted by molar-refractivity contribution is 7.21. The number of para-hydroxylation sites is 2. The molecule has 27 heavy (non-hydrogen) atoms. The number of phenols is 1. The Kier molecular flexibility index (Phi) is 4.63. The van der Waals surface area contributed by atoms with Crippen molar-refractivity contribution in [1.29, 1.82) is 0 Å². The summed E-state index contributed by atoms with van der Waals surface area (Å²) in [6.07, 6.45) is 1.41. The van der Waals surface area contributed by atoms with Crippen molar-refractivity contribution in [2.75, 3.05) is 0 Å². The summed E-state index contributed by atoms with van der Waals surface area (Å²) in [6, 6.07) is 22.0. The molecular weight excluding hydrogens is 358 g/mol. The molecule has 0 spiro atoms. The molecule has 0 aliphatic heterocycles. The van der Waals surface area contributed by atoms with Crippen LogP contribution in [0.2, 0.25) is 0 Å². The van der Waals surface area contributed by atoms with Gasteiger partial charge in [-0.3, -0.25) is 4.79 Å². The van der Waals surface area contributed by atoms with Gasteiger partial charge in [-0.25, -0.2) is 10.4 Å². The van der Waals surface area contributed by atoms with Crippen molar-refractivity contribution in [1.82, 2.24) is 10.4 Å². The Hall–Kier alpha value is -3.51. The molecule has 2 N–H and O–H groups in total. The second kappa shape index (κ2) is 7.39. The molecule has 1 heterocycles. The summed E-state index contributed by atoms with van der Waals surface area (Å²) in [5, 5.41) is 14.5. The molecule has 4 rings (SSSR count). The molecule has 0 aliphatic carbocycles. The van der Waals surface area contributed by atoms with Crippen molar-refractivity contribution in [2.24, 2.45) is 5.10 Å². The smallest absolute Gasteiger partial charge is 0.271 e. The van der Waals surface area contributed by atoms with Crippen LogP contribution in [-0.4, -0.2) is 22.2 Å². The maximum atomic E-state index is 12.2. The zero-order chi connectivity index (χ0) is 18.6. The minimum Gasteiger partial charge on any atom is -0.507 e. The fourth-order valence-electron chi connectivity index (χ4n) is 2.58. The Morgan fingerprint density at radius 2 is 1.74 bits per heavy atom. The van der Waals surface area contributed by atoms with Crippen molar-refractivity contribution in [3.63, 3.8) is 0 Å². The molecule has 5 nitrogen and oxygen atoms in total. The molecule has 4 aromatic rings. The lowest BCUT2D eigenvalue weighted by molar-refractivity contribution is 0.0955. The Morgan fingerprint density at radius 1 is 1.00 bits per heavy atom. The predicted molar refractivity (Wildman–Crippen MR) is 108 cm³/mol. The molecule has 0 bridgehead atoms. The number of benzene rings is 3. The lowest BCUT2D eigenvalue weighted by atomic mass is 10.1. The Balaban J connectivity index is 1.47. The van der Waals surface area contributed by atoms with E-state index in [1.54, 1.807) is 47.7 Å². The lowest BCUT2D eigenvalue weighted by Gasteiger charge is -2.02. The first-order valence-electron chi connectivity index (χ1n) is 8.28. The summed E-state index contributed by atoms with van der Waals surface area (Å²) in [5.41, 5.74) is 5.42. The average Bonchev–Trinajstić information content (AvgIpc) is 3.14. The van der Waals surface area contributed by atoms with Crippen molar-refractivity contribution < 1.29 is 9.90 Å². The van der Waals surface area contributed by atoms with Crippen molar-refractivity contribution in [3.05, 3.63) is 83.9 Å². The number of carbonyl (C=O) groups excluding carboxylic acids is 1. The first kappa shape index (κ1) is 16.9. The van der Waals surface area contributed by atoms with Crippen molar-refractivity contribution in [2.45, 2.75) is 0 Å². The number of hydrogen-bond acceptors (Lipinski definition) is 5. The van der Waals surface area contributed by atoms with Gasteiger partial charge in [0.1, 0.15) is 10.8 Å². The van der Waals surface area contributed by atoms with Crippen molar-refractivity contribution >= 4 is 33.7 Å². The summed E-state index contributed by atoms with van der Waals surface area (Å²) in [7, 11) is 0. The first-order valence-corrected chi connectivity index (χ1v) is 9.10. The van der Waals surface area contributed by atoms with Crippen LogP contribution in [-0.2, 0) is 0 Å². The van der Waals surface area contributed by atoms with E-state index in [4.69, 9.17) is 0 Å². The monoisotopic (exact) mass is 373 g/mol. The Bertz CT molecular complexity index is 1100. The van der Waals surface area contributed by atoms with Crippen LogP contribution in [0.5, 0.6) is 5.75 Å². The second-order valence-corrected chi connectivity index (χ2v) is 6.85. The first-order chi connectivity index (χ1) is 13.2.